The first-order valence-electron chi connectivity index (χ1n) is 7.25. The first kappa shape index (κ1) is 16.3. The van der Waals surface area contributed by atoms with Crippen molar-refractivity contribution < 1.29 is 23.5 Å². The van der Waals surface area contributed by atoms with Gasteiger partial charge in [0.1, 0.15) is 12.8 Å². The highest BCUT2D eigenvalue weighted by atomic mass is 19.1. The number of alkyl halides is 1. The van der Waals surface area contributed by atoms with Crippen LogP contribution in [0.15, 0.2) is 30.3 Å². The van der Waals surface area contributed by atoms with Gasteiger partial charge in [-0.15, -0.1) is 0 Å². The molecule has 22 heavy (non-hydrogen) atoms. The van der Waals surface area contributed by atoms with Crippen LogP contribution in [0.2, 0.25) is 0 Å². The van der Waals surface area contributed by atoms with Gasteiger partial charge in [0, 0.05) is 6.54 Å². The van der Waals surface area contributed by atoms with Crippen molar-refractivity contribution in [1.82, 2.24) is 4.90 Å². The van der Waals surface area contributed by atoms with Crippen LogP contribution in [0, 0.1) is 5.92 Å². The molecule has 120 valence electrons. The fourth-order valence-corrected chi connectivity index (χ4v) is 2.56. The zero-order chi connectivity index (χ0) is 15.9. The van der Waals surface area contributed by atoms with Crippen molar-refractivity contribution in [3.63, 3.8) is 0 Å². The minimum absolute atomic E-state index is 0.00525. The summed E-state index contributed by atoms with van der Waals surface area (Å²) in [7, 11) is 1.30. The Bertz CT molecular complexity index is 508. The van der Waals surface area contributed by atoms with Crippen molar-refractivity contribution in [2.45, 2.75) is 25.6 Å². The van der Waals surface area contributed by atoms with Gasteiger partial charge in [0.25, 0.3) is 0 Å². The number of piperidine rings is 1. The van der Waals surface area contributed by atoms with Gasteiger partial charge < -0.3 is 14.4 Å². The summed E-state index contributed by atoms with van der Waals surface area (Å²) in [6.07, 6.45) is -1.33. The van der Waals surface area contributed by atoms with Crippen LogP contribution in [-0.2, 0) is 20.9 Å². The normalized spacial score (nSPS) is 21.3. The Kier molecular flexibility index (Phi) is 5.75. The van der Waals surface area contributed by atoms with Crippen LogP contribution in [-0.4, -0.2) is 43.3 Å². The summed E-state index contributed by atoms with van der Waals surface area (Å²) in [5.41, 5.74) is 0.871. The highest BCUT2D eigenvalue weighted by Gasteiger charge is 2.32. The molecule has 1 heterocycles. The third-order valence-corrected chi connectivity index (χ3v) is 3.63. The molecule has 0 spiro atoms. The molecule has 1 amide bonds. The number of carbonyl (C=O) groups excluding carboxylic acids is 2. The average molecular weight is 309 g/mol. The van der Waals surface area contributed by atoms with Crippen LogP contribution in [0.4, 0.5) is 9.18 Å². The van der Waals surface area contributed by atoms with Gasteiger partial charge in [0.2, 0.25) is 0 Å². The third kappa shape index (κ3) is 4.72. The second-order valence-corrected chi connectivity index (χ2v) is 5.42. The maximum Gasteiger partial charge on any atom is 0.410 e. The minimum atomic E-state index is -1.15. The molecule has 1 aromatic rings. The van der Waals surface area contributed by atoms with Crippen molar-refractivity contribution in [3.05, 3.63) is 35.9 Å². The van der Waals surface area contributed by atoms with Crippen LogP contribution in [0.5, 0.6) is 0 Å². The monoisotopic (exact) mass is 309 g/mol. The van der Waals surface area contributed by atoms with Crippen LogP contribution < -0.4 is 0 Å². The van der Waals surface area contributed by atoms with Crippen LogP contribution in [0.3, 0.4) is 0 Å². The van der Waals surface area contributed by atoms with Crippen molar-refractivity contribution >= 4 is 12.1 Å². The number of likely N-dealkylation sites (tertiary alicyclic amines) is 1. The summed E-state index contributed by atoms with van der Waals surface area (Å²) < 4.78 is 23.6. The van der Waals surface area contributed by atoms with Gasteiger partial charge in [0.05, 0.1) is 20.1 Å². The Labute approximate surface area is 129 Å². The van der Waals surface area contributed by atoms with Crippen LogP contribution >= 0.6 is 0 Å². The second kappa shape index (κ2) is 7.77. The van der Waals surface area contributed by atoms with E-state index in [1.54, 1.807) is 0 Å². The number of rotatable bonds is 4. The summed E-state index contributed by atoms with van der Waals surface area (Å²) in [6.45, 7) is 0.462. The lowest BCUT2D eigenvalue weighted by Gasteiger charge is -2.33. The van der Waals surface area contributed by atoms with Crippen molar-refractivity contribution in [2.24, 2.45) is 5.92 Å². The van der Waals surface area contributed by atoms with Gasteiger partial charge in [0.15, 0.2) is 0 Å². The molecule has 2 atom stereocenters. The first-order valence-corrected chi connectivity index (χ1v) is 7.25. The molecule has 0 aliphatic carbocycles. The Hall–Kier alpha value is -2.11. The quantitative estimate of drug-likeness (QED) is 0.802. The van der Waals surface area contributed by atoms with E-state index in [2.05, 4.69) is 4.74 Å². The molecule has 2 unspecified atom stereocenters. The lowest BCUT2D eigenvalue weighted by molar-refractivity contribution is -0.142. The van der Waals surface area contributed by atoms with Crippen LogP contribution in [0.1, 0.15) is 18.4 Å². The number of hydrogen-bond acceptors (Lipinski definition) is 4. The SMILES string of the molecule is COC(=O)CC1CC(F)CN(C(=O)OCc2ccccc2)C1. The molecule has 1 aromatic carbocycles. The van der Waals surface area contributed by atoms with E-state index in [-0.39, 0.29) is 31.9 Å². The molecule has 0 saturated carbocycles. The molecule has 1 fully saturated rings. The predicted molar refractivity (Wildman–Crippen MR) is 77.8 cm³/mol. The Morgan fingerprint density at radius 2 is 2.00 bits per heavy atom. The minimum Gasteiger partial charge on any atom is -0.469 e. The average Bonchev–Trinajstić information content (AvgIpc) is 2.52. The summed E-state index contributed by atoms with van der Waals surface area (Å²) in [5, 5.41) is 0. The first-order chi connectivity index (χ1) is 10.6. The number of hydrogen-bond donors (Lipinski definition) is 0. The van der Waals surface area contributed by atoms with E-state index in [4.69, 9.17) is 4.74 Å². The van der Waals surface area contributed by atoms with Gasteiger partial charge in [-0.2, -0.15) is 0 Å². The highest BCUT2D eigenvalue weighted by molar-refractivity contribution is 5.70. The summed E-state index contributed by atoms with van der Waals surface area (Å²) in [5.74, 6) is -0.628. The number of nitrogens with zero attached hydrogens (tertiary/aromatic N) is 1. The largest absolute Gasteiger partial charge is 0.469 e. The number of benzene rings is 1. The fourth-order valence-electron chi connectivity index (χ4n) is 2.56. The zero-order valence-corrected chi connectivity index (χ0v) is 12.5. The molecular formula is C16H20FNO4. The molecule has 0 radical (unpaired) electrons. The number of amides is 1. The smallest absolute Gasteiger partial charge is 0.410 e. The Morgan fingerprint density at radius 3 is 2.68 bits per heavy atom. The molecule has 1 aliphatic rings. The second-order valence-electron chi connectivity index (χ2n) is 5.42. The van der Waals surface area contributed by atoms with E-state index < -0.39 is 18.2 Å². The number of carbonyl (C=O) groups is 2. The Balaban J connectivity index is 1.86. The fraction of sp³-hybridized carbons (Fsp3) is 0.500. The maximum absolute atomic E-state index is 13.8. The van der Waals surface area contributed by atoms with Crippen molar-refractivity contribution in [2.75, 3.05) is 20.2 Å². The van der Waals surface area contributed by atoms with Gasteiger partial charge in [-0.05, 0) is 17.9 Å². The van der Waals surface area contributed by atoms with E-state index in [0.717, 1.165) is 5.56 Å². The van der Waals surface area contributed by atoms with E-state index in [1.807, 2.05) is 30.3 Å². The molecule has 5 nitrogen and oxygen atoms in total. The predicted octanol–water partition coefficient (Wildman–Crippen LogP) is 2.55. The number of ether oxygens (including phenoxy) is 2. The van der Waals surface area contributed by atoms with Gasteiger partial charge in [-0.3, -0.25) is 4.79 Å². The van der Waals surface area contributed by atoms with E-state index in [0.29, 0.717) is 6.54 Å². The van der Waals surface area contributed by atoms with Gasteiger partial charge >= 0.3 is 12.1 Å². The van der Waals surface area contributed by atoms with Crippen LogP contribution in [0.25, 0.3) is 0 Å². The van der Waals surface area contributed by atoms with Gasteiger partial charge in [-0.25, -0.2) is 9.18 Å². The number of halogens is 1. The molecule has 1 aliphatic heterocycles. The third-order valence-electron chi connectivity index (χ3n) is 3.63. The molecule has 2 rings (SSSR count). The summed E-state index contributed by atoms with van der Waals surface area (Å²) in [6, 6.07) is 9.28. The number of methoxy groups -OCH3 is 1. The maximum atomic E-state index is 13.8. The molecule has 0 bridgehead atoms. The lowest BCUT2D eigenvalue weighted by Crippen LogP contribution is -2.45. The van der Waals surface area contributed by atoms with Gasteiger partial charge in [-0.1, -0.05) is 30.3 Å². The number of esters is 1. The van der Waals surface area contributed by atoms with Crippen molar-refractivity contribution in [1.29, 1.82) is 0 Å². The van der Waals surface area contributed by atoms with E-state index in [1.165, 1.54) is 12.0 Å². The molecule has 1 saturated heterocycles. The lowest BCUT2D eigenvalue weighted by atomic mass is 9.94. The molecule has 6 heteroatoms. The van der Waals surface area contributed by atoms with Crippen molar-refractivity contribution in [3.8, 4) is 0 Å². The molecule has 0 N–H and O–H groups in total. The van der Waals surface area contributed by atoms with E-state index in [9.17, 15) is 14.0 Å². The zero-order valence-electron chi connectivity index (χ0n) is 12.5. The van der Waals surface area contributed by atoms with E-state index >= 15 is 0 Å². The topological polar surface area (TPSA) is 55.8 Å². The standard InChI is InChI=1S/C16H20FNO4/c1-21-15(19)8-13-7-14(17)10-18(9-13)16(20)22-11-12-5-3-2-4-6-12/h2-6,13-14H,7-11H2,1H3. The Morgan fingerprint density at radius 1 is 1.27 bits per heavy atom. The summed E-state index contributed by atoms with van der Waals surface area (Å²) in [4.78, 5) is 24.7. The molecule has 0 aromatic heterocycles. The molecular weight excluding hydrogens is 289 g/mol. The highest BCUT2D eigenvalue weighted by Crippen LogP contribution is 2.23. The summed E-state index contributed by atoms with van der Waals surface area (Å²) >= 11 is 0.